The van der Waals surface area contributed by atoms with Crippen molar-refractivity contribution in [2.45, 2.75) is 20.0 Å². The molecule has 1 aliphatic rings. The van der Waals surface area contributed by atoms with Crippen LogP contribution in [0.5, 0.6) is 0 Å². The number of hydrogen-bond donors (Lipinski definition) is 1. The average molecular weight is 367 g/mol. The molecule has 0 bridgehead atoms. The van der Waals surface area contributed by atoms with E-state index in [2.05, 4.69) is 15.1 Å². The van der Waals surface area contributed by atoms with Crippen LogP contribution in [-0.2, 0) is 4.74 Å². The minimum absolute atomic E-state index is 0.0450. The molecular weight excluding hydrogens is 346 g/mol. The first-order chi connectivity index (χ1) is 13.0. The van der Waals surface area contributed by atoms with E-state index in [1.54, 1.807) is 41.0 Å². The van der Waals surface area contributed by atoms with Gasteiger partial charge in [-0.15, -0.1) is 0 Å². The zero-order chi connectivity index (χ0) is 19.0. The van der Waals surface area contributed by atoms with Gasteiger partial charge in [0.25, 0.3) is 11.9 Å². The normalized spacial score (nSPS) is 15.9. The minimum atomic E-state index is -0.750. The molecule has 1 amide bonds. The molecule has 2 aromatic heterocycles. The minimum Gasteiger partial charge on any atom is -0.387 e. The van der Waals surface area contributed by atoms with E-state index in [9.17, 15) is 9.90 Å². The topological polar surface area (TPSA) is 93.4 Å². The first-order valence-electron chi connectivity index (χ1n) is 8.91. The van der Waals surface area contributed by atoms with E-state index in [1.165, 1.54) is 0 Å². The molecule has 3 heterocycles. The molecule has 1 atom stereocenters. The van der Waals surface area contributed by atoms with Crippen LogP contribution in [0.25, 0.3) is 16.9 Å². The number of aliphatic hydroxyl groups is 1. The summed E-state index contributed by atoms with van der Waals surface area (Å²) in [5.74, 6) is 0.352. The van der Waals surface area contributed by atoms with E-state index in [-0.39, 0.29) is 5.91 Å². The lowest BCUT2D eigenvalue weighted by Gasteiger charge is -2.26. The molecule has 1 fully saturated rings. The first kappa shape index (κ1) is 17.6. The second kappa shape index (κ2) is 7.05. The SMILES string of the molecule is Cc1cnc(-n2nc(C(C)O)c3ccc(C(=O)N4CCOCC4)cc32)nc1. The molecule has 1 saturated heterocycles. The molecule has 0 radical (unpaired) electrons. The van der Waals surface area contributed by atoms with E-state index >= 15 is 0 Å². The highest BCUT2D eigenvalue weighted by atomic mass is 16.5. The maximum Gasteiger partial charge on any atom is 0.254 e. The third kappa shape index (κ3) is 3.29. The van der Waals surface area contributed by atoms with Crippen LogP contribution in [0.15, 0.2) is 30.6 Å². The van der Waals surface area contributed by atoms with Crippen molar-refractivity contribution < 1.29 is 14.6 Å². The molecule has 8 nitrogen and oxygen atoms in total. The Labute approximate surface area is 156 Å². The summed E-state index contributed by atoms with van der Waals surface area (Å²) >= 11 is 0. The third-order valence-electron chi connectivity index (χ3n) is 4.61. The number of aromatic nitrogens is 4. The molecule has 4 rings (SSSR count). The Bertz CT molecular complexity index is 975. The van der Waals surface area contributed by atoms with Crippen LogP contribution in [0.4, 0.5) is 0 Å². The summed E-state index contributed by atoms with van der Waals surface area (Å²) in [5.41, 5.74) is 2.72. The van der Waals surface area contributed by atoms with Crippen LogP contribution >= 0.6 is 0 Å². The predicted octanol–water partition coefficient (Wildman–Crippen LogP) is 1.65. The van der Waals surface area contributed by atoms with Gasteiger partial charge in [0.1, 0.15) is 0 Å². The fourth-order valence-corrected chi connectivity index (χ4v) is 3.18. The highest BCUT2D eigenvalue weighted by Crippen LogP contribution is 2.27. The van der Waals surface area contributed by atoms with Crippen molar-refractivity contribution in [3.63, 3.8) is 0 Å². The van der Waals surface area contributed by atoms with Gasteiger partial charge in [-0.25, -0.2) is 9.97 Å². The summed E-state index contributed by atoms with van der Waals surface area (Å²) in [5, 5.41) is 15.4. The zero-order valence-corrected chi connectivity index (χ0v) is 15.3. The quantitative estimate of drug-likeness (QED) is 0.757. The number of nitrogens with zero attached hydrogens (tertiary/aromatic N) is 5. The van der Waals surface area contributed by atoms with Crippen LogP contribution in [0.3, 0.4) is 0 Å². The Morgan fingerprint density at radius 2 is 1.93 bits per heavy atom. The van der Waals surface area contributed by atoms with Crippen molar-refractivity contribution >= 4 is 16.8 Å². The number of rotatable bonds is 3. The third-order valence-corrected chi connectivity index (χ3v) is 4.61. The van der Waals surface area contributed by atoms with Crippen LogP contribution < -0.4 is 0 Å². The van der Waals surface area contributed by atoms with Gasteiger partial charge in [-0.2, -0.15) is 9.78 Å². The van der Waals surface area contributed by atoms with Gasteiger partial charge < -0.3 is 14.7 Å². The zero-order valence-electron chi connectivity index (χ0n) is 15.3. The maximum atomic E-state index is 12.8. The van der Waals surface area contributed by atoms with Crippen molar-refractivity contribution in [3.8, 4) is 5.95 Å². The Hall–Kier alpha value is -2.84. The fourth-order valence-electron chi connectivity index (χ4n) is 3.18. The summed E-state index contributed by atoms with van der Waals surface area (Å²) < 4.78 is 6.90. The van der Waals surface area contributed by atoms with Gasteiger partial charge in [0.05, 0.1) is 30.5 Å². The van der Waals surface area contributed by atoms with Crippen molar-refractivity contribution in [2.24, 2.45) is 0 Å². The van der Waals surface area contributed by atoms with Crippen LogP contribution in [-0.4, -0.2) is 62.0 Å². The van der Waals surface area contributed by atoms with Crippen LogP contribution in [0.1, 0.15) is 34.6 Å². The average Bonchev–Trinajstić information content (AvgIpc) is 3.08. The Balaban J connectivity index is 1.82. The summed E-state index contributed by atoms with van der Waals surface area (Å²) in [6, 6.07) is 5.38. The first-order valence-corrected chi connectivity index (χ1v) is 8.91. The van der Waals surface area contributed by atoms with Crippen molar-refractivity contribution in [1.29, 1.82) is 0 Å². The number of carbonyl (C=O) groups excluding carboxylic acids is 1. The molecule has 1 aliphatic heterocycles. The molecule has 3 aromatic rings. The second-order valence-electron chi connectivity index (χ2n) is 6.67. The lowest BCUT2D eigenvalue weighted by molar-refractivity contribution is 0.0303. The van der Waals surface area contributed by atoms with Crippen molar-refractivity contribution in [1.82, 2.24) is 24.6 Å². The van der Waals surface area contributed by atoms with E-state index in [0.717, 1.165) is 10.9 Å². The molecule has 27 heavy (non-hydrogen) atoms. The number of aryl methyl sites for hydroxylation is 1. The molecule has 140 valence electrons. The molecule has 8 heteroatoms. The molecule has 0 spiro atoms. The Kier molecular flexibility index (Phi) is 4.59. The van der Waals surface area contributed by atoms with E-state index < -0.39 is 6.10 Å². The lowest BCUT2D eigenvalue weighted by atomic mass is 10.1. The van der Waals surface area contributed by atoms with Gasteiger partial charge in [0.2, 0.25) is 0 Å². The smallest absolute Gasteiger partial charge is 0.254 e. The number of fused-ring (bicyclic) bond motifs is 1. The molecule has 1 N–H and O–H groups in total. The van der Waals surface area contributed by atoms with E-state index in [0.29, 0.717) is 49.0 Å². The lowest BCUT2D eigenvalue weighted by Crippen LogP contribution is -2.40. The monoisotopic (exact) mass is 367 g/mol. The Morgan fingerprint density at radius 3 is 2.59 bits per heavy atom. The van der Waals surface area contributed by atoms with Gasteiger partial charge >= 0.3 is 0 Å². The predicted molar refractivity (Wildman–Crippen MR) is 98.8 cm³/mol. The largest absolute Gasteiger partial charge is 0.387 e. The van der Waals surface area contributed by atoms with Crippen LogP contribution in [0.2, 0.25) is 0 Å². The van der Waals surface area contributed by atoms with E-state index in [1.807, 2.05) is 13.0 Å². The summed E-state index contributed by atoms with van der Waals surface area (Å²) in [6.07, 6.45) is 2.67. The second-order valence-corrected chi connectivity index (χ2v) is 6.67. The number of morpholine rings is 1. The van der Waals surface area contributed by atoms with Gasteiger partial charge in [0.15, 0.2) is 0 Å². The highest BCUT2D eigenvalue weighted by Gasteiger charge is 2.22. The van der Waals surface area contributed by atoms with E-state index in [4.69, 9.17) is 4.74 Å². The van der Waals surface area contributed by atoms with Crippen LogP contribution in [0, 0.1) is 6.92 Å². The van der Waals surface area contributed by atoms with Crippen molar-refractivity contribution in [2.75, 3.05) is 26.3 Å². The number of amides is 1. The molecule has 0 aliphatic carbocycles. The summed E-state index contributed by atoms with van der Waals surface area (Å²) in [6.45, 7) is 5.83. The molecule has 1 unspecified atom stereocenters. The maximum absolute atomic E-state index is 12.8. The molecular formula is C19H21N5O3. The molecule has 1 aromatic carbocycles. The standard InChI is InChI=1S/C19H21N5O3/c1-12-10-20-19(21-11-12)24-16-9-14(18(26)23-5-7-27-8-6-23)3-4-15(16)17(22-24)13(2)25/h3-4,9-11,13,25H,5-8H2,1-2H3. The Morgan fingerprint density at radius 1 is 1.22 bits per heavy atom. The van der Waals surface area contributed by atoms with Gasteiger partial charge in [0, 0.05) is 36.4 Å². The highest BCUT2D eigenvalue weighted by molar-refractivity contribution is 5.98. The van der Waals surface area contributed by atoms with Gasteiger partial charge in [-0.3, -0.25) is 4.79 Å². The summed E-state index contributed by atoms with van der Waals surface area (Å²) in [4.78, 5) is 23.3. The summed E-state index contributed by atoms with van der Waals surface area (Å²) in [7, 11) is 0. The fraction of sp³-hybridized carbons (Fsp3) is 0.368. The number of hydrogen-bond acceptors (Lipinski definition) is 6. The van der Waals surface area contributed by atoms with Crippen molar-refractivity contribution in [3.05, 3.63) is 47.4 Å². The van der Waals surface area contributed by atoms with Gasteiger partial charge in [-0.05, 0) is 31.5 Å². The molecule has 0 saturated carbocycles. The number of ether oxygens (including phenoxy) is 1. The van der Waals surface area contributed by atoms with Gasteiger partial charge in [-0.1, -0.05) is 6.07 Å². The number of carbonyl (C=O) groups is 1. The number of benzene rings is 1. The number of aliphatic hydroxyl groups excluding tert-OH is 1.